The van der Waals surface area contributed by atoms with E-state index in [4.69, 9.17) is 4.74 Å². The van der Waals surface area contributed by atoms with Crippen LogP contribution < -0.4 is 10.2 Å². The normalized spacial score (nSPS) is 18.8. The summed E-state index contributed by atoms with van der Waals surface area (Å²) in [5, 5.41) is 4.33. The fraction of sp³-hybridized carbons (Fsp3) is 0.333. The van der Waals surface area contributed by atoms with E-state index in [-0.39, 0.29) is 5.91 Å². The van der Waals surface area contributed by atoms with Crippen LogP contribution in [0.1, 0.15) is 48.5 Å². The van der Waals surface area contributed by atoms with Crippen LogP contribution >= 0.6 is 0 Å². The lowest BCUT2D eigenvalue weighted by Crippen LogP contribution is -2.22. The predicted molar refractivity (Wildman–Crippen MR) is 99.7 cm³/mol. The molecule has 2 aromatic rings. The highest BCUT2D eigenvalue weighted by Gasteiger charge is 2.16. The highest BCUT2D eigenvalue weighted by atomic mass is 16.5. The smallest absolute Gasteiger partial charge is 0.275 e. The summed E-state index contributed by atoms with van der Waals surface area (Å²) < 4.78 is 5.84. The summed E-state index contributed by atoms with van der Waals surface area (Å²) in [6, 6.07) is 17.2. The van der Waals surface area contributed by atoms with Gasteiger partial charge < -0.3 is 4.74 Å². The molecule has 1 saturated carbocycles. The predicted octanol–water partition coefficient (Wildman–Crippen LogP) is 4.56. The molecule has 0 saturated heterocycles. The highest BCUT2D eigenvalue weighted by Crippen LogP contribution is 2.22. The van der Waals surface area contributed by atoms with Gasteiger partial charge in [0.2, 0.25) is 0 Å². The van der Waals surface area contributed by atoms with E-state index in [0.29, 0.717) is 23.8 Å². The molecule has 0 aromatic heterocycles. The Hall–Kier alpha value is -2.62. The second-order valence-corrected chi connectivity index (χ2v) is 6.59. The molecule has 1 aliphatic rings. The molecule has 0 radical (unpaired) electrons. The molecule has 1 unspecified atom stereocenters. The van der Waals surface area contributed by atoms with Crippen molar-refractivity contribution in [3.8, 4) is 5.75 Å². The largest absolute Gasteiger partial charge is 0.488 e. The van der Waals surface area contributed by atoms with Gasteiger partial charge in [-0.15, -0.1) is 0 Å². The lowest BCUT2D eigenvalue weighted by Gasteiger charge is -2.19. The Morgan fingerprint density at radius 1 is 1.16 bits per heavy atom. The summed E-state index contributed by atoms with van der Waals surface area (Å²) in [7, 11) is 0. The zero-order valence-corrected chi connectivity index (χ0v) is 14.6. The number of nitrogens with one attached hydrogen (secondary N) is 1. The molecule has 1 fully saturated rings. The third kappa shape index (κ3) is 4.92. The second-order valence-electron chi connectivity index (χ2n) is 6.59. The molecule has 0 bridgehead atoms. The van der Waals surface area contributed by atoms with Crippen LogP contribution in [-0.2, 0) is 6.61 Å². The number of para-hydroxylation sites is 1. The number of amides is 1. The van der Waals surface area contributed by atoms with Crippen molar-refractivity contribution in [1.82, 2.24) is 5.43 Å². The zero-order valence-electron chi connectivity index (χ0n) is 14.6. The van der Waals surface area contributed by atoms with E-state index in [2.05, 4.69) is 17.5 Å². The van der Waals surface area contributed by atoms with E-state index in [1.165, 1.54) is 6.42 Å². The van der Waals surface area contributed by atoms with Crippen LogP contribution in [0.5, 0.6) is 5.75 Å². The topological polar surface area (TPSA) is 50.7 Å². The van der Waals surface area contributed by atoms with Crippen LogP contribution in [0, 0.1) is 5.92 Å². The number of carbonyl (C=O) groups is 1. The molecule has 0 spiro atoms. The molecule has 4 heteroatoms. The van der Waals surface area contributed by atoms with Crippen molar-refractivity contribution >= 4 is 11.6 Å². The number of carbonyl (C=O) groups excluding carboxylic acids is 1. The Kier molecular flexibility index (Phi) is 5.83. The zero-order chi connectivity index (χ0) is 17.5. The first kappa shape index (κ1) is 17.2. The van der Waals surface area contributed by atoms with Gasteiger partial charge in [-0.3, -0.25) is 4.79 Å². The van der Waals surface area contributed by atoms with Gasteiger partial charge in [0, 0.05) is 5.71 Å². The number of rotatable bonds is 5. The number of ether oxygens (including phenoxy) is 1. The first-order valence-electron chi connectivity index (χ1n) is 8.84. The maximum Gasteiger partial charge on any atom is 0.275 e. The van der Waals surface area contributed by atoms with E-state index in [0.717, 1.165) is 30.5 Å². The molecular formula is C21H24N2O2. The Morgan fingerprint density at radius 2 is 1.92 bits per heavy atom. The van der Waals surface area contributed by atoms with Gasteiger partial charge in [-0.25, -0.2) is 5.43 Å². The summed E-state index contributed by atoms with van der Waals surface area (Å²) >= 11 is 0. The van der Waals surface area contributed by atoms with Gasteiger partial charge in [0.15, 0.2) is 0 Å². The molecule has 0 aliphatic heterocycles. The second kappa shape index (κ2) is 8.47. The van der Waals surface area contributed by atoms with Gasteiger partial charge in [0.05, 0.1) is 5.56 Å². The maximum atomic E-state index is 12.5. The maximum absolute atomic E-state index is 12.5. The van der Waals surface area contributed by atoms with Crippen molar-refractivity contribution in [2.75, 3.05) is 0 Å². The summed E-state index contributed by atoms with van der Waals surface area (Å²) in [6.07, 6.45) is 4.32. The van der Waals surface area contributed by atoms with Crippen LogP contribution in [0.15, 0.2) is 59.7 Å². The molecule has 25 heavy (non-hydrogen) atoms. The summed E-state index contributed by atoms with van der Waals surface area (Å²) in [6.45, 7) is 2.65. The Balaban J connectivity index is 1.65. The van der Waals surface area contributed by atoms with Gasteiger partial charge in [-0.05, 0) is 49.3 Å². The van der Waals surface area contributed by atoms with Crippen LogP contribution in [0.25, 0.3) is 0 Å². The molecular weight excluding hydrogens is 312 g/mol. The van der Waals surface area contributed by atoms with Crippen molar-refractivity contribution < 1.29 is 9.53 Å². The number of benzene rings is 2. The lowest BCUT2D eigenvalue weighted by molar-refractivity contribution is 0.0950. The van der Waals surface area contributed by atoms with Crippen molar-refractivity contribution in [1.29, 1.82) is 0 Å². The third-order valence-corrected chi connectivity index (χ3v) is 4.43. The van der Waals surface area contributed by atoms with Gasteiger partial charge in [-0.1, -0.05) is 49.4 Å². The molecule has 4 nitrogen and oxygen atoms in total. The fourth-order valence-corrected chi connectivity index (χ4v) is 3.07. The van der Waals surface area contributed by atoms with E-state index >= 15 is 0 Å². The minimum atomic E-state index is -0.227. The third-order valence-electron chi connectivity index (χ3n) is 4.43. The average molecular weight is 336 g/mol. The summed E-state index contributed by atoms with van der Waals surface area (Å²) in [4.78, 5) is 12.5. The van der Waals surface area contributed by atoms with Crippen molar-refractivity contribution in [3.05, 3.63) is 65.7 Å². The summed E-state index contributed by atoms with van der Waals surface area (Å²) in [5.41, 5.74) is 5.35. The summed E-state index contributed by atoms with van der Waals surface area (Å²) in [5.74, 6) is 0.987. The van der Waals surface area contributed by atoms with E-state index in [1.807, 2.05) is 48.5 Å². The molecule has 1 aliphatic carbocycles. The number of hydrogen-bond acceptors (Lipinski definition) is 3. The first-order chi connectivity index (χ1) is 12.2. The Morgan fingerprint density at radius 3 is 2.72 bits per heavy atom. The van der Waals surface area contributed by atoms with Gasteiger partial charge >= 0.3 is 0 Å². The molecule has 1 N–H and O–H groups in total. The van der Waals surface area contributed by atoms with Gasteiger partial charge in [-0.2, -0.15) is 5.10 Å². The fourth-order valence-electron chi connectivity index (χ4n) is 3.07. The number of hydrazone groups is 1. The van der Waals surface area contributed by atoms with Crippen molar-refractivity contribution in [2.24, 2.45) is 11.0 Å². The quantitative estimate of drug-likeness (QED) is 0.814. The van der Waals surface area contributed by atoms with Crippen molar-refractivity contribution in [2.45, 2.75) is 39.2 Å². The monoisotopic (exact) mass is 336 g/mol. The van der Waals surface area contributed by atoms with Crippen LogP contribution in [0.2, 0.25) is 0 Å². The van der Waals surface area contributed by atoms with Crippen LogP contribution in [-0.4, -0.2) is 11.6 Å². The molecule has 0 heterocycles. The lowest BCUT2D eigenvalue weighted by atomic mass is 9.89. The SMILES string of the molecule is CC1CCC/C(=N\NC(=O)c2ccccc2OCc2ccccc2)C1. The standard InChI is InChI=1S/C21H24N2O2/c1-16-8-7-11-18(14-16)22-23-21(24)19-12-5-6-13-20(19)25-15-17-9-3-2-4-10-17/h2-6,9-10,12-13,16H,7-8,11,14-15H2,1H3,(H,23,24)/b22-18+. The first-order valence-corrected chi connectivity index (χ1v) is 8.84. The Labute approximate surface area is 148 Å². The van der Waals surface area contributed by atoms with E-state index in [9.17, 15) is 4.79 Å². The average Bonchev–Trinajstić information content (AvgIpc) is 2.65. The number of nitrogens with zero attached hydrogens (tertiary/aromatic N) is 1. The Bertz CT molecular complexity index is 741. The minimum absolute atomic E-state index is 0.227. The molecule has 2 aromatic carbocycles. The molecule has 130 valence electrons. The molecule has 1 amide bonds. The number of hydrogen-bond donors (Lipinski definition) is 1. The molecule has 1 atom stereocenters. The van der Waals surface area contributed by atoms with Gasteiger partial charge in [0.1, 0.15) is 12.4 Å². The minimum Gasteiger partial charge on any atom is -0.488 e. The highest BCUT2D eigenvalue weighted by molar-refractivity contribution is 5.97. The van der Waals surface area contributed by atoms with Crippen molar-refractivity contribution in [3.63, 3.8) is 0 Å². The molecule has 3 rings (SSSR count). The van der Waals surface area contributed by atoms with E-state index in [1.54, 1.807) is 6.07 Å². The van der Waals surface area contributed by atoms with Crippen LogP contribution in [0.4, 0.5) is 0 Å². The van der Waals surface area contributed by atoms with Crippen LogP contribution in [0.3, 0.4) is 0 Å². The van der Waals surface area contributed by atoms with E-state index < -0.39 is 0 Å². The van der Waals surface area contributed by atoms with Gasteiger partial charge in [0.25, 0.3) is 5.91 Å².